The molecular formula is C18H32O9Si. The number of carboxylic acid groups (broad SMARTS) is 3. The van der Waals surface area contributed by atoms with Crippen molar-refractivity contribution in [3.8, 4) is 0 Å². The summed E-state index contributed by atoms with van der Waals surface area (Å²) in [4.78, 5) is 29.6. The van der Waals surface area contributed by atoms with Crippen LogP contribution in [0.1, 0.15) is 20.8 Å². The number of ether oxygens (including phenoxy) is 3. The summed E-state index contributed by atoms with van der Waals surface area (Å²) in [6.07, 6.45) is 1.94. The monoisotopic (exact) mass is 420 g/mol. The van der Waals surface area contributed by atoms with Gasteiger partial charge in [0.2, 0.25) is 0 Å². The number of hydrogen-bond acceptors (Lipinski definition) is 6. The lowest BCUT2D eigenvalue weighted by Gasteiger charge is -1.97. The van der Waals surface area contributed by atoms with E-state index in [1.54, 1.807) is 20.8 Å². The van der Waals surface area contributed by atoms with Gasteiger partial charge in [0.05, 0.1) is 19.8 Å². The maximum absolute atomic E-state index is 9.86. The van der Waals surface area contributed by atoms with Crippen molar-refractivity contribution in [2.45, 2.75) is 26.8 Å². The maximum atomic E-state index is 9.86. The molecule has 0 fully saturated rings. The molecule has 0 rings (SSSR count). The molecule has 0 heterocycles. The Morgan fingerprint density at radius 2 is 0.929 bits per heavy atom. The topological polar surface area (TPSA) is 140 Å². The van der Waals surface area contributed by atoms with Crippen LogP contribution in [0.25, 0.3) is 0 Å². The summed E-state index contributed by atoms with van der Waals surface area (Å²) < 4.78 is 13.5. The fourth-order valence-corrected chi connectivity index (χ4v) is 0.708. The molecule has 0 aliphatic carbocycles. The number of hydrogen-bond donors (Lipinski definition) is 3. The first-order valence-electron chi connectivity index (χ1n) is 8.22. The molecule has 0 aromatic heterocycles. The van der Waals surface area contributed by atoms with E-state index in [-0.39, 0.29) is 17.3 Å². The second kappa shape index (κ2) is 24.0. The van der Waals surface area contributed by atoms with Crippen LogP contribution >= 0.6 is 0 Å². The van der Waals surface area contributed by atoms with Crippen LogP contribution in [0.4, 0.5) is 0 Å². The Bertz CT molecular complexity index is 447. The van der Waals surface area contributed by atoms with Gasteiger partial charge in [-0.25, -0.2) is 14.4 Å². The van der Waals surface area contributed by atoms with E-state index in [0.717, 1.165) is 0 Å². The van der Waals surface area contributed by atoms with Crippen molar-refractivity contribution in [1.82, 2.24) is 0 Å². The molecule has 0 atom stereocenters. The predicted molar refractivity (Wildman–Crippen MR) is 110 cm³/mol. The third-order valence-electron chi connectivity index (χ3n) is 1.96. The minimum Gasteiger partial charge on any atom is -0.487 e. The summed E-state index contributed by atoms with van der Waals surface area (Å²) in [7, 11) is 1.27. The Hall–Kier alpha value is -3.01. The van der Waals surface area contributed by atoms with Crippen molar-refractivity contribution in [2.24, 2.45) is 0 Å². The van der Waals surface area contributed by atoms with E-state index < -0.39 is 17.9 Å². The van der Waals surface area contributed by atoms with Crippen LogP contribution in [0.3, 0.4) is 0 Å². The van der Waals surface area contributed by atoms with E-state index in [1.807, 2.05) is 6.08 Å². The average molecular weight is 421 g/mol. The standard InChI is InChI=1S/3C5H8O3.C3H8Si/c3*1-3-8-4(2)5(6)7;1-2-3-4/h3*2-3H2,1H3,(H,6,7);2H,1,3H2,4H3. The lowest BCUT2D eigenvalue weighted by Crippen LogP contribution is -2.02. The largest absolute Gasteiger partial charge is 0.487 e. The Kier molecular flexibility index (Phi) is 28.0. The van der Waals surface area contributed by atoms with E-state index in [1.165, 1.54) is 16.3 Å². The fraction of sp³-hybridized carbons (Fsp3) is 0.389. The summed E-state index contributed by atoms with van der Waals surface area (Å²) in [6.45, 7) is 19.0. The minimum atomic E-state index is -1.10. The zero-order valence-electron chi connectivity index (χ0n) is 17.0. The molecule has 0 unspecified atom stereocenters. The van der Waals surface area contributed by atoms with Gasteiger partial charge in [-0.2, -0.15) is 0 Å². The number of aliphatic carboxylic acids is 3. The van der Waals surface area contributed by atoms with Gasteiger partial charge >= 0.3 is 17.9 Å². The highest BCUT2D eigenvalue weighted by Gasteiger charge is 2.01. The van der Waals surface area contributed by atoms with Crippen molar-refractivity contribution in [1.29, 1.82) is 0 Å². The van der Waals surface area contributed by atoms with E-state index in [9.17, 15) is 14.4 Å². The molecule has 0 aromatic rings. The SMILES string of the molecule is C=C(OCC)C(=O)O.C=C(OCC)C(=O)O.C=C(OCC)C(=O)O.C=CC[SiH3]. The minimum absolute atomic E-state index is 0.201. The van der Waals surface area contributed by atoms with Crippen LogP contribution in [0.5, 0.6) is 0 Å². The highest BCUT2D eigenvalue weighted by atomic mass is 28.1. The molecule has 0 saturated heterocycles. The molecule has 10 heteroatoms. The molecule has 0 saturated carbocycles. The van der Waals surface area contributed by atoms with Crippen LogP contribution < -0.4 is 0 Å². The van der Waals surface area contributed by atoms with Crippen molar-refractivity contribution in [3.05, 3.63) is 49.7 Å². The van der Waals surface area contributed by atoms with Gasteiger partial charge in [-0.15, -0.1) is 6.58 Å². The van der Waals surface area contributed by atoms with Crippen LogP contribution in [-0.4, -0.2) is 63.3 Å². The molecule has 0 radical (unpaired) electrons. The molecular weight excluding hydrogens is 388 g/mol. The van der Waals surface area contributed by atoms with Crippen LogP contribution in [0.15, 0.2) is 49.7 Å². The number of allylic oxidation sites excluding steroid dienone is 1. The Morgan fingerprint density at radius 1 is 0.750 bits per heavy atom. The van der Waals surface area contributed by atoms with Gasteiger partial charge in [0, 0.05) is 10.2 Å². The normalized spacial score (nSPS) is 7.96. The Balaban J connectivity index is -0.000000141. The first-order chi connectivity index (χ1) is 13.0. The summed E-state index contributed by atoms with van der Waals surface area (Å²) in [5, 5.41) is 24.3. The van der Waals surface area contributed by atoms with Crippen molar-refractivity contribution < 1.29 is 43.9 Å². The molecule has 3 N–H and O–H groups in total. The van der Waals surface area contributed by atoms with E-state index >= 15 is 0 Å². The summed E-state index contributed by atoms with van der Waals surface area (Å²) >= 11 is 0. The fourth-order valence-electron chi connectivity index (χ4n) is 0.708. The number of rotatable bonds is 10. The highest BCUT2D eigenvalue weighted by Crippen LogP contribution is 1.91. The molecule has 0 aliphatic rings. The third kappa shape index (κ3) is 30.8. The lowest BCUT2D eigenvalue weighted by atomic mass is 10.6. The lowest BCUT2D eigenvalue weighted by molar-refractivity contribution is -0.137. The van der Waals surface area contributed by atoms with Gasteiger partial charge in [-0.1, -0.05) is 6.08 Å². The Labute approximate surface area is 169 Å². The quantitative estimate of drug-likeness (QED) is 0.209. The first-order valence-corrected chi connectivity index (χ1v) is 9.63. The van der Waals surface area contributed by atoms with E-state index in [2.05, 4.69) is 40.5 Å². The molecule has 162 valence electrons. The summed E-state index contributed by atoms with van der Waals surface area (Å²) in [6, 6.07) is 1.22. The second-order valence-electron chi connectivity index (χ2n) is 4.18. The molecule has 0 bridgehead atoms. The number of carboxylic acids is 3. The third-order valence-corrected chi connectivity index (χ3v) is 2.54. The molecule has 0 amide bonds. The summed E-state index contributed by atoms with van der Waals surface area (Å²) in [5.74, 6) is -3.92. The first kappa shape index (κ1) is 32.6. The highest BCUT2D eigenvalue weighted by molar-refractivity contribution is 6.09. The number of carbonyl (C=O) groups is 3. The van der Waals surface area contributed by atoms with Crippen LogP contribution in [0.2, 0.25) is 6.04 Å². The molecule has 9 nitrogen and oxygen atoms in total. The maximum Gasteiger partial charge on any atom is 0.370 e. The smallest absolute Gasteiger partial charge is 0.370 e. The summed E-state index contributed by atoms with van der Waals surface area (Å²) in [5.41, 5.74) is 0. The Morgan fingerprint density at radius 3 is 0.964 bits per heavy atom. The van der Waals surface area contributed by atoms with Gasteiger partial charge in [-0.05, 0) is 46.6 Å². The predicted octanol–water partition coefficient (Wildman–Crippen LogP) is 1.82. The molecule has 0 spiro atoms. The zero-order valence-corrected chi connectivity index (χ0v) is 19.0. The average Bonchev–Trinajstić information content (AvgIpc) is 2.63. The molecule has 0 aromatic carbocycles. The molecule has 0 aliphatic heterocycles. The van der Waals surface area contributed by atoms with Crippen molar-refractivity contribution in [2.75, 3.05) is 19.8 Å². The van der Waals surface area contributed by atoms with Gasteiger partial charge in [-0.3, -0.25) is 0 Å². The van der Waals surface area contributed by atoms with Crippen LogP contribution in [0, 0.1) is 0 Å². The van der Waals surface area contributed by atoms with E-state index in [4.69, 9.17) is 15.3 Å². The van der Waals surface area contributed by atoms with E-state index in [0.29, 0.717) is 19.8 Å². The van der Waals surface area contributed by atoms with Gasteiger partial charge in [0.15, 0.2) is 17.3 Å². The molecule has 28 heavy (non-hydrogen) atoms. The van der Waals surface area contributed by atoms with Gasteiger partial charge < -0.3 is 29.5 Å². The van der Waals surface area contributed by atoms with Crippen molar-refractivity contribution in [3.63, 3.8) is 0 Å². The van der Waals surface area contributed by atoms with Gasteiger partial charge in [0.1, 0.15) is 0 Å². The van der Waals surface area contributed by atoms with Crippen molar-refractivity contribution >= 4 is 28.2 Å². The van der Waals surface area contributed by atoms with Crippen LogP contribution in [-0.2, 0) is 28.6 Å². The van der Waals surface area contributed by atoms with Gasteiger partial charge in [0.25, 0.3) is 0 Å². The second-order valence-corrected chi connectivity index (χ2v) is 5.00. The zero-order chi connectivity index (χ0) is 23.1.